The van der Waals surface area contributed by atoms with Crippen molar-refractivity contribution in [1.82, 2.24) is 4.90 Å². The van der Waals surface area contributed by atoms with E-state index in [1.54, 1.807) is 17.0 Å². The summed E-state index contributed by atoms with van der Waals surface area (Å²) in [6.07, 6.45) is 0.183. The van der Waals surface area contributed by atoms with Crippen LogP contribution in [0.3, 0.4) is 0 Å². The van der Waals surface area contributed by atoms with Crippen LogP contribution in [0.25, 0.3) is 0 Å². The third kappa shape index (κ3) is 6.99. The second kappa shape index (κ2) is 12.2. The number of halogens is 1. The van der Waals surface area contributed by atoms with Gasteiger partial charge in [0.1, 0.15) is 6.04 Å². The van der Waals surface area contributed by atoms with Crippen molar-refractivity contribution >= 4 is 34.8 Å². The van der Waals surface area contributed by atoms with Gasteiger partial charge in [-0.1, -0.05) is 84.4 Å². The van der Waals surface area contributed by atoms with Gasteiger partial charge in [0.05, 0.1) is 6.42 Å². The molecular weight excluding hydrogens is 482 g/mol. The van der Waals surface area contributed by atoms with Gasteiger partial charge in [0.15, 0.2) is 0 Å². The summed E-state index contributed by atoms with van der Waals surface area (Å²) in [6, 6.07) is 33.1. The number of nitrogens with one attached hydrogen (secondary N) is 1. The number of carbonyl (C=O) groups excluding carboxylic acids is 2. The number of hydrogen-bond acceptors (Lipinski definition) is 3. The Hall–Kier alpha value is -4.09. The number of amides is 2. The van der Waals surface area contributed by atoms with Crippen LogP contribution in [-0.4, -0.2) is 30.8 Å². The zero-order valence-electron chi connectivity index (χ0n) is 21.0. The third-order valence-corrected chi connectivity index (χ3v) is 6.36. The highest BCUT2D eigenvalue weighted by Gasteiger charge is 2.31. The predicted octanol–water partition coefficient (Wildman–Crippen LogP) is 6.36. The Labute approximate surface area is 223 Å². The molecule has 0 fully saturated rings. The van der Waals surface area contributed by atoms with E-state index in [9.17, 15) is 9.59 Å². The predicted molar refractivity (Wildman–Crippen MR) is 151 cm³/mol. The molecule has 4 rings (SSSR count). The van der Waals surface area contributed by atoms with Crippen molar-refractivity contribution in [2.24, 2.45) is 0 Å². The van der Waals surface area contributed by atoms with Crippen LogP contribution >= 0.6 is 11.6 Å². The van der Waals surface area contributed by atoms with Gasteiger partial charge in [-0.3, -0.25) is 9.59 Å². The lowest BCUT2D eigenvalue weighted by Crippen LogP contribution is -2.41. The van der Waals surface area contributed by atoms with Crippen molar-refractivity contribution in [3.8, 4) is 0 Å². The van der Waals surface area contributed by atoms with Gasteiger partial charge in [0.25, 0.3) is 5.91 Å². The van der Waals surface area contributed by atoms with E-state index < -0.39 is 6.04 Å². The molecule has 6 heteroatoms. The molecule has 1 unspecified atom stereocenters. The minimum atomic E-state index is -0.832. The highest BCUT2D eigenvalue weighted by Crippen LogP contribution is 2.27. The smallest absolute Gasteiger partial charge is 0.251 e. The minimum absolute atomic E-state index is 0.145. The first kappa shape index (κ1) is 26.0. The number of hydrogen-bond donors (Lipinski definition) is 1. The number of carbonyl (C=O) groups is 2. The summed E-state index contributed by atoms with van der Waals surface area (Å²) in [5, 5.41) is 3.64. The number of benzene rings is 4. The lowest BCUT2D eigenvalue weighted by molar-refractivity contribution is -0.139. The van der Waals surface area contributed by atoms with Crippen molar-refractivity contribution in [2.45, 2.75) is 19.0 Å². The summed E-state index contributed by atoms with van der Waals surface area (Å²) in [4.78, 5) is 31.3. The molecule has 0 spiro atoms. The molecule has 4 aromatic rings. The normalized spacial score (nSPS) is 11.4. The molecule has 0 bridgehead atoms. The monoisotopic (exact) mass is 511 g/mol. The van der Waals surface area contributed by atoms with E-state index in [4.69, 9.17) is 11.6 Å². The maximum absolute atomic E-state index is 13.8. The summed E-state index contributed by atoms with van der Waals surface area (Å²) in [5.74, 6) is -0.424. The molecule has 0 radical (unpaired) electrons. The van der Waals surface area contributed by atoms with Crippen LogP contribution in [-0.2, 0) is 22.6 Å². The molecule has 5 nitrogen and oxygen atoms in total. The topological polar surface area (TPSA) is 52.7 Å². The van der Waals surface area contributed by atoms with Crippen molar-refractivity contribution in [2.75, 3.05) is 24.3 Å². The van der Waals surface area contributed by atoms with Crippen LogP contribution in [0.2, 0.25) is 5.02 Å². The molecule has 0 saturated carbocycles. The number of anilines is 2. The van der Waals surface area contributed by atoms with E-state index >= 15 is 0 Å². The summed E-state index contributed by atoms with van der Waals surface area (Å²) < 4.78 is 0. The Balaban J connectivity index is 1.69. The van der Waals surface area contributed by atoms with E-state index in [0.29, 0.717) is 10.7 Å². The Morgan fingerprint density at radius 1 is 0.757 bits per heavy atom. The summed E-state index contributed by atoms with van der Waals surface area (Å²) in [6.45, 7) is 0.259. The fourth-order valence-electron chi connectivity index (χ4n) is 4.14. The maximum Gasteiger partial charge on any atom is 0.251 e. The molecule has 4 aromatic carbocycles. The standard InChI is InChI=1S/C31H30ClN3O2/c1-34(2)28-19-17-27(18-20-28)33-31(37)30(25-11-7-4-8-12-25)35(22-24-13-15-26(32)16-14-24)29(36)21-23-9-5-3-6-10-23/h3-20,30H,21-22H2,1-2H3,(H,33,37). The zero-order valence-corrected chi connectivity index (χ0v) is 21.7. The van der Waals surface area contributed by atoms with Crippen LogP contribution in [0.5, 0.6) is 0 Å². The lowest BCUT2D eigenvalue weighted by Gasteiger charge is -2.32. The van der Waals surface area contributed by atoms with E-state index in [-0.39, 0.29) is 24.8 Å². The molecule has 0 aliphatic rings. The summed E-state index contributed by atoms with van der Waals surface area (Å²) in [7, 11) is 3.93. The molecule has 37 heavy (non-hydrogen) atoms. The van der Waals surface area contributed by atoms with Crippen LogP contribution in [0.4, 0.5) is 11.4 Å². The van der Waals surface area contributed by atoms with E-state index in [1.807, 2.05) is 116 Å². The Morgan fingerprint density at radius 2 is 1.35 bits per heavy atom. The summed E-state index contributed by atoms with van der Waals surface area (Å²) >= 11 is 6.10. The van der Waals surface area contributed by atoms with Crippen molar-refractivity contribution in [3.63, 3.8) is 0 Å². The van der Waals surface area contributed by atoms with Gasteiger partial charge in [0, 0.05) is 37.0 Å². The largest absolute Gasteiger partial charge is 0.378 e. The van der Waals surface area contributed by atoms with Gasteiger partial charge in [-0.2, -0.15) is 0 Å². The van der Waals surface area contributed by atoms with Gasteiger partial charge in [-0.25, -0.2) is 0 Å². The average Bonchev–Trinajstić information content (AvgIpc) is 2.91. The SMILES string of the molecule is CN(C)c1ccc(NC(=O)C(c2ccccc2)N(Cc2ccc(Cl)cc2)C(=O)Cc2ccccc2)cc1. The van der Waals surface area contributed by atoms with E-state index in [1.165, 1.54) is 0 Å². The van der Waals surface area contributed by atoms with Crippen LogP contribution < -0.4 is 10.2 Å². The molecule has 0 heterocycles. The second-order valence-corrected chi connectivity index (χ2v) is 9.49. The van der Waals surface area contributed by atoms with E-state index in [2.05, 4.69) is 5.32 Å². The number of rotatable bonds is 9. The van der Waals surface area contributed by atoms with Gasteiger partial charge in [-0.05, 0) is 53.1 Å². The lowest BCUT2D eigenvalue weighted by atomic mass is 10.0. The fourth-order valence-corrected chi connectivity index (χ4v) is 4.27. The van der Waals surface area contributed by atoms with Gasteiger partial charge in [0.2, 0.25) is 5.91 Å². The molecule has 188 valence electrons. The molecule has 0 saturated heterocycles. The maximum atomic E-state index is 13.8. The van der Waals surface area contributed by atoms with Crippen molar-refractivity contribution in [3.05, 3.63) is 131 Å². The molecule has 0 aliphatic carbocycles. The van der Waals surface area contributed by atoms with Crippen molar-refractivity contribution < 1.29 is 9.59 Å². The van der Waals surface area contributed by atoms with Gasteiger partial charge in [-0.15, -0.1) is 0 Å². The van der Waals surface area contributed by atoms with Crippen LogP contribution in [0.15, 0.2) is 109 Å². The van der Waals surface area contributed by atoms with Crippen LogP contribution in [0.1, 0.15) is 22.7 Å². The first-order chi connectivity index (χ1) is 17.9. The molecule has 1 atom stereocenters. The molecular formula is C31H30ClN3O2. The van der Waals surface area contributed by atoms with Crippen LogP contribution in [0, 0.1) is 0 Å². The molecule has 1 N–H and O–H groups in total. The fraction of sp³-hybridized carbons (Fsp3) is 0.161. The van der Waals surface area contributed by atoms with Gasteiger partial charge >= 0.3 is 0 Å². The van der Waals surface area contributed by atoms with Crippen molar-refractivity contribution in [1.29, 1.82) is 0 Å². The highest BCUT2D eigenvalue weighted by molar-refractivity contribution is 6.30. The number of nitrogens with zero attached hydrogens (tertiary/aromatic N) is 2. The zero-order chi connectivity index (χ0) is 26.2. The average molecular weight is 512 g/mol. The Bertz CT molecular complexity index is 1310. The second-order valence-electron chi connectivity index (χ2n) is 9.05. The quantitative estimate of drug-likeness (QED) is 0.284. The molecule has 0 aromatic heterocycles. The molecule has 0 aliphatic heterocycles. The first-order valence-electron chi connectivity index (χ1n) is 12.1. The molecule has 2 amide bonds. The third-order valence-electron chi connectivity index (χ3n) is 6.11. The Morgan fingerprint density at radius 3 is 1.95 bits per heavy atom. The first-order valence-corrected chi connectivity index (χ1v) is 12.5. The Kier molecular flexibility index (Phi) is 8.60. The minimum Gasteiger partial charge on any atom is -0.378 e. The van der Waals surface area contributed by atoms with E-state index in [0.717, 1.165) is 22.4 Å². The highest BCUT2D eigenvalue weighted by atomic mass is 35.5. The summed E-state index contributed by atoms with van der Waals surface area (Å²) in [5.41, 5.74) is 4.20. The van der Waals surface area contributed by atoms with Gasteiger partial charge < -0.3 is 15.1 Å².